The molecule has 0 saturated heterocycles. The summed E-state index contributed by atoms with van der Waals surface area (Å²) in [5.74, 6) is 1.83. The lowest BCUT2D eigenvalue weighted by Crippen LogP contribution is -2.36. The molecule has 0 amide bonds. The third-order valence-corrected chi connectivity index (χ3v) is 4.97. The van der Waals surface area contributed by atoms with E-state index in [4.69, 9.17) is 4.74 Å². The standard InChI is InChI=1S/C16H22BrNO/c1-2-18-14-10-15(11-5-3-4-6-11)19-16-9-12(17)7-8-13(14)16/h7-9,11,14-15,18H,2-6,10H2,1H3. The summed E-state index contributed by atoms with van der Waals surface area (Å²) in [5.41, 5.74) is 1.32. The van der Waals surface area contributed by atoms with Crippen LogP contribution in [-0.2, 0) is 0 Å². The van der Waals surface area contributed by atoms with E-state index >= 15 is 0 Å². The lowest BCUT2D eigenvalue weighted by Gasteiger charge is -2.35. The molecule has 2 aliphatic rings. The average Bonchev–Trinajstić information content (AvgIpc) is 2.92. The van der Waals surface area contributed by atoms with Crippen LogP contribution >= 0.6 is 15.9 Å². The third-order valence-electron chi connectivity index (χ3n) is 4.47. The van der Waals surface area contributed by atoms with Gasteiger partial charge in [0.05, 0.1) is 0 Å². The van der Waals surface area contributed by atoms with E-state index in [0.29, 0.717) is 12.1 Å². The maximum absolute atomic E-state index is 6.30. The molecule has 104 valence electrons. The van der Waals surface area contributed by atoms with Crippen LogP contribution in [0.15, 0.2) is 22.7 Å². The van der Waals surface area contributed by atoms with Gasteiger partial charge in [0.25, 0.3) is 0 Å². The number of halogens is 1. The van der Waals surface area contributed by atoms with Crippen molar-refractivity contribution in [2.45, 2.75) is 51.2 Å². The van der Waals surface area contributed by atoms with Gasteiger partial charge < -0.3 is 10.1 Å². The van der Waals surface area contributed by atoms with Gasteiger partial charge in [-0.2, -0.15) is 0 Å². The Kier molecular flexibility index (Phi) is 4.13. The highest BCUT2D eigenvalue weighted by molar-refractivity contribution is 9.10. The van der Waals surface area contributed by atoms with Crippen LogP contribution in [0.3, 0.4) is 0 Å². The Labute approximate surface area is 124 Å². The van der Waals surface area contributed by atoms with Crippen molar-refractivity contribution in [1.82, 2.24) is 5.32 Å². The van der Waals surface area contributed by atoms with Crippen molar-refractivity contribution in [3.63, 3.8) is 0 Å². The molecule has 1 saturated carbocycles. The van der Waals surface area contributed by atoms with Gasteiger partial charge in [-0.25, -0.2) is 0 Å². The molecule has 1 aliphatic carbocycles. The fourth-order valence-electron chi connectivity index (χ4n) is 3.53. The fraction of sp³-hybridized carbons (Fsp3) is 0.625. The third kappa shape index (κ3) is 2.82. The Morgan fingerprint density at radius 2 is 2.11 bits per heavy atom. The van der Waals surface area contributed by atoms with Gasteiger partial charge in [-0.3, -0.25) is 0 Å². The van der Waals surface area contributed by atoms with Crippen molar-refractivity contribution in [2.75, 3.05) is 6.54 Å². The SMILES string of the molecule is CCNC1CC(C2CCCC2)Oc2cc(Br)ccc21. The van der Waals surface area contributed by atoms with Crippen LogP contribution in [0.1, 0.15) is 50.6 Å². The van der Waals surface area contributed by atoms with E-state index in [1.54, 1.807) is 0 Å². The van der Waals surface area contributed by atoms with Crippen LogP contribution in [0.4, 0.5) is 0 Å². The summed E-state index contributed by atoms with van der Waals surface area (Å²) in [6, 6.07) is 6.88. The molecule has 1 aromatic rings. The van der Waals surface area contributed by atoms with E-state index in [2.05, 4.69) is 46.4 Å². The molecule has 1 aromatic carbocycles. The Bertz CT molecular complexity index is 442. The van der Waals surface area contributed by atoms with E-state index in [9.17, 15) is 0 Å². The molecule has 1 fully saturated rings. The summed E-state index contributed by atoms with van der Waals surface area (Å²) in [6.45, 7) is 3.19. The van der Waals surface area contributed by atoms with Crippen molar-refractivity contribution in [3.8, 4) is 5.75 Å². The van der Waals surface area contributed by atoms with Gasteiger partial charge in [-0.05, 0) is 37.4 Å². The molecule has 1 aliphatic heterocycles. The molecule has 3 rings (SSSR count). The molecule has 2 atom stereocenters. The maximum Gasteiger partial charge on any atom is 0.125 e. The first-order valence-corrected chi connectivity index (χ1v) is 8.26. The van der Waals surface area contributed by atoms with Gasteiger partial charge in [0, 0.05) is 22.5 Å². The van der Waals surface area contributed by atoms with E-state index in [1.165, 1.54) is 31.2 Å². The minimum Gasteiger partial charge on any atom is -0.490 e. The van der Waals surface area contributed by atoms with E-state index in [1.807, 2.05) is 0 Å². The Morgan fingerprint density at radius 1 is 1.32 bits per heavy atom. The Morgan fingerprint density at radius 3 is 2.84 bits per heavy atom. The summed E-state index contributed by atoms with van der Waals surface area (Å²) >= 11 is 3.55. The average molecular weight is 324 g/mol. The highest BCUT2D eigenvalue weighted by Crippen LogP contribution is 2.41. The summed E-state index contributed by atoms with van der Waals surface area (Å²) in [6.07, 6.45) is 6.95. The number of nitrogens with one attached hydrogen (secondary N) is 1. The van der Waals surface area contributed by atoms with Crippen LogP contribution in [0.5, 0.6) is 5.75 Å². The monoisotopic (exact) mass is 323 g/mol. The highest BCUT2D eigenvalue weighted by atomic mass is 79.9. The van der Waals surface area contributed by atoms with Crippen LogP contribution in [0.25, 0.3) is 0 Å². The van der Waals surface area contributed by atoms with Crippen molar-refractivity contribution < 1.29 is 4.74 Å². The number of hydrogen-bond donors (Lipinski definition) is 1. The number of benzene rings is 1. The predicted octanol–water partition coefficient (Wildman–Crippen LogP) is 4.44. The first kappa shape index (κ1) is 13.4. The van der Waals surface area contributed by atoms with Gasteiger partial charge in [0.2, 0.25) is 0 Å². The number of fused-ring (bicyclic) bond motifs is 1. The molecular weight excluding hydrogens is 302 g/mol. The van der Waals surface area contributed by atoms with E-state index in [0.717, 1.165) is 29.1 Å². The van der Waals surface area contributed by atoms with E-state index in [-0.39, 0.29) is 0 Å². The zero-order valence-corrected chi connectivity index (χ0v) is 13.1. The van der Waals surface area contributed by atoms with Crippen molar-refractivity contribution in [2.24, 2.45) is 5.92 Å². The zero-order valence-electron chi connectivity index (χ0n) is 11.5. The summed E-state index contributed by atoms with van der Waals surface area (Å²) in [4.78, 5) is 0. The molecule has 1 N–H and O–H groups in total. The summed E-state index contributed by atoms with van der Waals surface area (Å²) in [5, 5.41) is 3.62. The number of ether oxygens (including phenoxy) is 1. The van der Waals surface area contributed by atoms with Crippen molar-refractivity contribution in [1.29, 1.82) is 0 Å². The number of rotatable bonds is 3. The molecule has 19 heavy (non-hydrogen) atoms. The van der Waals surface area contributed by atoms with Crippen LogP contribution < -0.4 is 10.1 Å². The fourth-order valence-corrected chi connectivity index (χ4v) is 3.87. The number of hydrogen-bond acceptors (Lipinski definition) is 2. The molecule has 1 heterocycles. The molecule has 0 aromatic heterocycles. The smallest absolute Gasteiger partial charge is 0.125 e. The molecule has 0 radical (unpaired) electrons. The topological polar surface area (TPSA) is 21.3 Å². The Balaban J connectivity index is 1.86. The van der Waals surface area contributed by atoms with Crippen LogP contribution in [0.2, 0.25) is 0 Å². The van der Waals surface area contributed by atoms with Crippen molar-refractivity contribution >= 4 is 15.9 Å². The lowest BCUT2D eigenvalue weighted by atomic mass is 9.89. The molecule has 3 heteroatoms. The predicted molar refractivity (Wildman–Crippen MR) is 81.6 cm³/mol. The Hall–Kier alpha value is -0.540. The molecule has 0 bridgehead atoms. The molecule has 2 nitrogen and oxygen atoms in total. The molecular formula is C16H22BrNO. The molecule has 2 unspecified atom stereocenters. The van der Waals surface area contributed by atoms with Gasteiger partial charge in [0.15, 0.2) is 0 Å². The second kappa shape index (κ2) is 5.84. The normalized spacial score (nSPS) is 27.1. The van der Waals surface area contributed by atoms with Crippen LogP contribution in [-0.4, -0.2) is 12.6 Å². The summed E-state index contributed by atoms with van der Waals surface area (Å²) in [7, 11) is 0. The van der Waals surface area contributed by atoms with Gasteiger partial charge in [-0.15, -0.1) is 0 Å². The minimum absolute atomic E-state index is 0.397. The molecule has 0 spiro atoms. The highest BCUT2D eigenvalue weighted by Gasteiger charge is 2.34. The minimum atomic E-state index is 0.397. The summed E-state index contributed by atoms with van der Waals surface area (Å²) < 4.78 is 7.41. The van der Waals surface area contributed by atoms with Gasteiger partial charge >= 0.3 is 0 Å². The van der Waals surface area contributed by atoms with Gasteiger partial charge in [0.1, 0.15) is 11.9 Å². The van der Waals surface area contributed by atoms with Crippen molar-refractivity contribution in [3.05, 3.63) is 28.2 Å². The second-order valence-corrected chi connectivity index (χ2v) is 6.64. The largest absolute Gasteiger partial charge is 0.490 e. The first-order valence-electron chi connectivity index (χ1n) is 7.47. The first-order chi connectivity index (χ1) is 9.28. The van der Waals surface area contributed by atoms with Gasteiger partial charge in [-0.1, -0.05) is 41.8 Å². The maximum atomic E-state index is 6.30. The zero-order chi connectivity index (χ0) is 13.2. The van der Waals surface area contributed by atoms with E-state index < -0.39 is 0 Å². The quantitative estimate of drug-likeness (QED) is 0.887. The lowest BCUT2D eigenvalue weighted by molar-refractivity contribution is 0.0950. The van der Waals surface area contributed by atoms with Crippen LogP contribution in [0, 0.1) is 5.92 Å². The second-order valence-electron chi connectivity index (χ2n) is 5.73.